The number of ketones is 1. The Labute approximate surface area is 205 Å². The van der Waals surface area contributed by atoms with Crippen LogP contribution < -0.4 is 4.90 Å². The Morgan fingerprint density at radius 2 is 1.09 bits per heavy atom. The van der Waals surface area contributed by atoms with Gasteiger partial charge in [0.05, 0.1) is 28.4 Å². The first kappa shape index (κ1) is 21.7. The van der Waals surface area contributed by atoms with Crippen LogP contribution in [0.5, 0.6) is 0 Å². The maximum absolute atomic E-state index is 14.3. The minimum atomic E-state index is -1.09. The van der Waals surface area contributed by atoms with Gasteiger partial charge in [-0.15, -0.1) is 0 Å². The van der Waals surface area contributed by atoms with E-state index in [1.807, 2.05) is 106 Å². The molecule has 4 heteroatoms. The monoisotopic (exact) mass is 461 g/mol. The van der Waals surface area contributed by atoms with Gasteiger partial charge < -0.3 is 0 Å². The predicted molar refractivity (Wildman–Crippen MR) is 136 cm³/mol. The van der Waals surface area contributed by atoms with E-state index in [0.29, 0.717) is 12.1 Å². The first-order chi connectivity index (χ1) is 16.9. The van der Waals surface area contributed by atoms with Crippen LogP contribution in [-0.2, 0) is 20.8 Å². The van der Waals surface area contributed by atoms with Crippen LogP contribution in [0.15, 0.2) is 84.9 Å². The third kappa shape index (κ3) is 2.54. The topological polar surface area (TPSA) is 54.5 Å². The van der Waals surface area contributed by atoms with Crippen LogP contribution in [0.2, 0.25) is 0 Å². The summed E-state index contributed by atoms with van der Waals surface area (Å²) in [4.78, 5) is 43.9. The number of para-hydroxylation sites is 1. The minimum Gasteiger partial charge on any atom is -0.298 e. The fourth-order valence-electron chi connectivity index (χ4n) is 7.08. The summed E-state index contributed by atoms with van der Waals surface area (Å²) < 4.78 is 0. The number of Topliss-reactive ketones (excluding diaryl/α,β-unsaturated/α-hetero) is 1. The maximum Gasteiger partial charge on any atom is 0.239 e. The highest BCUT2D eigenvalue weighted by atomic mass is 16.2. The molecule has 1 saturated carbocycles. The van der Waals surface area contributed by atoms with Crippen molar-refractivity contribution in [3.8, 4) is 0 Å². The number of anilines is 1. The predicted octanol–water partition coefficient (Wildman–Crippen LogP) is 5.57. The van der Waals surface area contributed by atoms with Crippen molar-refractivity contribution < 1.29 is 14.4 Å². The Morgan fingerprint density at radius 1 is 0.657 bits per heavy atom. The van der Waals surface area contributed by atoms with Crippen LogP contribution in [0.1, 0.15) is 37.5 Å². The van der Waals surface area contributed by atoms with E-state index in [9.17, 15) is 14.4 Å². The highest BCUT2D eigenvalue weighted by Crippen LogP contribution is 2.73. The third-order valence-electron chi connectivity index (χ3n) is 8.52. The van der Waals surface area contributed by atoms with Gasteiger partial charge in [-0.1, -0.05) is 85.8 Å². The second-order valence-corrected chi connectivity index (χ2v) is 10.2. The molecule has 3 aromatic carbocycles. The van der Waals surface area contributed by atoms with Crippen molar-refractivity contribution in [3.63, 3.8) is 0 Å². The van der Waals surface area contributed by atoms with Crippen molar-refractivity contribution in [1.29, 1.82) is 0 Å². The molecular weight excluding hydrogens is 434 g/mol. The zero-order chi connectivity index (χ0) is 24.5. The number of hydrogen-bond acceptors (Lipinski definition) is 3. The summed E-state index contributed by atoms with van der Waals surface area (Å²) in [5, 5.41) is 0. The van der Waals surface area contributed by atoms with Gasteiger partial charge >= 0.3 is 0 Å². The van der Waals surface area contributed by atoms with Crippen LogP contribution in [0.3, 0.4) is 0 Å². The van der Waals surface area contributed by atoms with Gasteiger partial charge in [-0.2, -0.15) is 0 Å². The number of hydrogen-bond donors (Lipinski definition) is 0. The van der Waals surface area contributed by atoms with Crippen molar-refractivity contribution in [1.82, 2.24) is 0 Å². The summed E-state index contributed by atoms with van der Waals surface area (Å²) in [5.74, 6) is -2.00. The molecule has 174 valence electrons. The van der Waals surface area contributed by atoms with Crippen molar-refractivity contribution in [3.05, 3.63) is 102 Å². The molecule has 3 aliphatic rings. The number of amides is 2. The molecule has 4 nitrogen and oxygen atoms in total. The van der Waals surface area contributed by atoms with Gasteiger partial charge in [0.15, 0.2) is 5.78 Å². The molecule has 2 bridgehead atoms. The molecule has 1 aliphatic heterocycles. The molecule has 1 saturated heterocycles. The Balaban J connectivity index is 1.62. The number of fused-ring (bicyclic) bond motifs is 5. The minimum absolute atomic E-state index is 0.0252. The summed E-state index contributed by atoms with van der Waals surface area (Å²) in [6.45, 7) is 5.79. The molecular formula is C31H27NO3. The van der Waals surface area contributed by atoms with Crippen molar-refractivity contribution in [2.24, 2.45) is 22.7 Å². The van der Waals surface area contributed by atoms with Crippen LogP contribution in [0, 0.1) is 22.7 Å². The van der Waals surface area contributed by atoms with Gasteiger partial charge in [0, 0.05) is 0 Å². The lowest BCUT2D eigenvalue weighted by Crippen LogP contribution is -2.40. The smallest absolute Gasteiger partial charge is 0.239 e. The largest absolute Gasteiger partial charge is 0.298 e. The number of rotatable bonds is 4. The van der Waals surface area contributed by atoms with E-state index in [4.69, 9.17) is 0 Å². The van der Waals surface area contributed by atoms with Gasteiger partial charge in [-0.25, -0.2) is 4.90 Å². The average molecular weight is 462 g/mol. The SMILES string of the molecule is CCc1ccccc1N1C(=O)[C@@H]2[C@H](C1=O)[C@@]1(C)C(=O)[C@@]2(C)C(c2ccccc2)=C1c1ccccc1. The van der Waals surface area contributed by atoms with Crippen molar-refractivity contribution >= 4 is 34.4 Å². The first-order valence-electron chi connectivity index (χ1n) is 12.2. The molecule has 1 heterocycles. The number of imide groups is 1. The molecule has 4 atom stereocenters. The zero-order valence-corrected chi connectivity index (χ0v) is 20.1. The van der Waals surface area contributed by atoms with E-state index in [1.165, 1.54) is 4.90 Å². The fourth-order valence-corrected chi connectivity index (χ4v) is 7.08. The maximum atomic E-state index is 14.3. The Bertz CT molecular complexity index is 1340. The van der Waals surface area contributed by atoms with E-state index in [1.54, 1.807) is 0 Å². The van der Waals surface area contributed by atoms with Crippen molar-refractivity contribution in [2.75, 3.05) is 4.90 Å². The van der Waals surface area contributed by atoms with Crippen molar-refractivity contribution in [2.45, 2.75) is 27.2 Å². The summed E-state index contributed by atoms with van der Waals surface area (Å²) >= 11 is 0. The van der Waals surface area contributed by atoms with Crippen LogP contribution in [0.4, 0.5) is 5.69 Å². The lowest BCUT2D eigenvalue weighted by atomic mass is 9.63. The Hall–Kier alpha value is -3.79. The summed E-state index contributed by atoms with van der Waals surface area (Å²) in [6.07, 6.45) is 0.707. The lowest BCUT2D eigenvalue weighted by molar-refractivity contribution is -0.133. The molecule has 0 N–H and O–H groups in total. The second-order valence-electron chi connectivity index (χ2n) is 10.2. The summed E-state index contributed by atoms with van der Waals surface area (Å²) in [7, 11) is 0. The molecule has 0 spiro atoms. The normalized spacial score (nSPS) is 29.3. The molecule has 0 unspecified atom stereocenters. The Morgan fingerprint density at radius 3 is 1.54 bits per heavy atom. The number of carbonyl (C=O) groups excluding carboxylic acids is 3. The number of carbonyl (C=O) groups is 3. The molecule has 2 fully saturated rings. The number of allylic oxidation sites excluding steroid dienone is 2. The summed E-state index contributed by atoms with van der Waals surface area (Å²) in [5.41, 5.74) is 3.02. The second kappa shape index (κ2) is 7.35. The number of benzene rings is 3. The van der Waals surface area contributed by atoms with Gasteiger partial charge in [0.1, 0.15) is 0 Å². The first-order valence-corrected chi connectivity index (χ1v) is 12.2. The van der Waals surface area contributed by atoms with Gasteiger partial charge in [-0.05, 0) is 54.2 Å². The Kier molecular flexibility index (Phi) is 4.56. The standard InChI is InChI=1S/C31H27NO3/c1-4-19-13-11-12-18-22(19)32-27(33)25-26(28(32)34)31(3)24(21-16-9-6-10-17-21)23(30(25,2)29(31)35)20-14-7-5-8-15-20/h5-18,25-26H,4H2,1-3H3/t25-,26+,30-,31-/m0/s1. The molecule has 2 aliphatic carbocycles. The highest BCUT2D eigenvalue weighted by molar-refractivity contribution is 6.34. The molecule has 0 radical (unpaired) electrons. The van der Waals surface area contributed by atoms with E-state index in [0.717, 1.165) is 27.8 Å². The van der Waals surface area contributed by atoms with Gasteiger partial charge in [0.25, 0.3) is 0 Å². The van der Waals surface area contributed by atoms with E-state index >= 15 is 0 Å². The molecule has 35 heavy (non-hydrogen) atoms. The van der Waals surface area contributed by atoms with Crippen LogP contribution in [0.25, 0.3) is 11.1 Å². The molecule has 0 aromatic heterocycles. The van der Waals surface area contributed by atoms with E-state index in [2.05, 4.69) is 0 Å². The van der Waals surface area contributed by atoms with Gasteiger partial charge in [-0.3, -0.25) is 14.4 Å². The third-order valence-corrected chi connectivity index (χ3v) is 8.52. The lowest BCUT2D eigenvalue weighted by Gasteiger charge is -2.35. The van der Waals surface area contributed by atoms with E-state index in [-0.39, 0.29) is 17.6 Å². The molecule has 3 aromatic rings. The molecule has 6 rings (SSSR count). The van der Waals surface area contributed by atoms with E-state index < -0.39 is 22.7 Å². The van der Waals surface area contributed by atoms with Gasteiger partial charge in [0.2, 0.25) is 11.8 Å². The average Bonchev–Trinajstić information content (AvgIpc) is 3.34. The summed E-state index contributed by atoms with van der Waals surface area (Å²) in [6, 6.07) is 27.3. The fraction of sp³-hybridized carbons (Fsp3) is 0.258. The van der Waals surface area contributed by atoms with Crippen LogP contribution >= 0.6 is 0 Å². The number of aryl methyl sites for hydroxylation is 1. The number of nitrogens with zero attached hydrogens (tertiary/aromatic N) is 1. The van der Waals surface area contributed by atoms with Crippen LogP contribution in [-0.4, -0.2) is 17.6 Å². The zero-order valence-electron chi connectivity index (χ0n) is 20.1. The quantitative estimate of drug-likeness (QED) is 0.477. The molecule has 2 amide bonds. The highest BCUT2D eigenvalue weighted by Gasteiger charge is 2.78.